The van der Waals surface area contributed by atoms with E-state index in [1.807, 2.05) is 67.8 Å². The van der Waals surface area contributed by atoms with Crippen LogP contribution in [0.4, 0.5) is 0 Å². The van der Waals surface area contributed by atoms with Gasteiger partial charge in [0.15, 0.2) is 0 Å². The number of hydrogen-bond donors (Lipinski definition) is 1. The van der Waals surface area contributed by atoms with Crippen molar-refractivity contribution in [1.82, 2.24) is 4.57 Å². The van der Waals surface area contributed by atoms with Crippen molar-refractivity contribution >= 4 is 5.97 Å². The molecule has 0 bridgehead atoms. The maximum Gasteiger partial charge on any atom is 0.303 e. The highest BCUT2D eigenvalue weighted by Gasteiger charge is 2.10. The molecule has 3 rings (SSSR count). The lowest BCUT2D eigenvalue weighted by Crippen LogP contribution is -2.03. The van der Waals surface area contributed by atoms with Gasteiger partial charge in [0.1, 0.15) is 12.4 Å². The van der Waals surface area contributed by atoms with Gasteiger partial charge in [-0.05, 0) is 53.4 Å². The van der Waals surface area contributed by atoms with Crippen LogP contribution in [0.1, 0.15) is 30.4 Å². The Kier molecular flexibility index (Phi) is 5.19. The summed E-state index contributed by atoms with van der Waals surface area (Å²) in [7, 11) is 0. The van der Waals surface area contributed by atoms with Crippen molar-refractivity contribution in [1.29, 1.82) is 0 Å². The third kappa shape index (κ3) is 4.51. The SMILES string of the molecule is CC(CC(=O)O)c1ccc(OCc2cccc(-n3cccc3)c2)cc1. The van der Waals surface area contributed by atoms with Gasteiger partial charge in [-0.3, -0.25) is 4.79 Å². The van der Waals surface area contributed by atoms with Crippen molar-refractivity contribution in [2.24, 2.45) is 0 Å². The summed E-state index contributed by atoms with van der Waals surface area (Å²) < 4.78 is 7.91. The van der Waals surface area contributed by atoms with Gasteiger partial charge in [-0.15, -0.1) is 0 Å². The van der Waals surface area contributed by atoms with E-state index >= 15 is 0 Å². The van der Waals surface area contributed by atoms with Crippen LogP contribution in [0.15, 0.2) is 73.1 Å². The smallest absolute Gasteiger partial charge is 0.303 e. The van der Waals surface area contributed by atoms with E-state index in [-0.39, 0.29) is 12.3 Å². The van der Waals surface area contributed by atoms with E-state index in [0.717, 1.165) is 22.6 Å². The molecule has 0 aliphatic carbocycles. The molecule has 4 heteroatoms. The van der Waals surface area contributed by atoms with Gasteiger partial charge in [0.25, 0.3) is 0 Å². The Bertz CT molecular complexity index is 823. The Morgan fingerprint density at radius 1 is 1.08 bits per heavy atom. The Morgan fingerprint density at radius 3 is 2.48 bits per heavy atom. The van der Waals surface area contributed by atoms with Gasteiger partial charge in [0.2, 0.25) is 0 Å². The summed E-state index contributed by atoms with van der Waals surface area (Å²) in [6.45, 7) is 2.40. The second-order valence-electron chi connectivity index (χ2n) is 6.12. The van der Waals surface area contributed by atoms with Crippen molar-refractivity contribution in [3.8, 4) is 11.4 Å². The summed E-state index contributed by atoms with van der Waals surface area (Å²) in [6.07, 6.45) is 4.15. The molecule has 0 saturated heterocycles. The first-order valence-corrected chi connectivity index (χ1v) is 8.28. The Morgan fingerprint density at radius 2 is 1.80 bits per heavy atom. The van der Waals surface area contributed by atoms with Crippen LogP contribution in [-0.2, 0) is 11.4 Å². The highest BCUT2D eigenvalue weighted by atomic mass is 16.5. The number of nitrogens with zero attached hydrogens (tertiary/aromatic N) is 1. The zero-order chi connectivity index (χ0) is 17.6. The normalized spacial score (nSPS) is 11.9. The van der Waals surface area contributed by atoms with Crippen molar-refractivity contribution < 1.29 is 14.6 Å². The van der Waals surface area contributed by atoms with Crippen LogP contribution in [0, 0.1) is 0 Å². The molecule has 25 heavy (non-hydrogen) atoms. The van der Waals surface area contributed by atoms with Crippen LogP contribution in [0.3, 0.4) is 0 Å². The van der Waals surface area contributed by atoms with Gasteiger partial charge in [-0.2, -0.15) is 0 Å². The zero-order valence-electron chi connectivity index (χ0n) is 14.1. The first-order chi connectivity index (χ1) is 12.1. The second-order valence-corrected chi connectivity index (χ2v) is 6.12. The molecule has 0 aliphatic rings. The Labute approximate surface area is 147 Å². The third-order valence-electron chi connectivity index (χ3n) is 4.15. The summed E-state index contributed by atoms with van der Waals surface area (Å²) >= 11 is 0. The number of carbonyl (C=O) groups is 1. The molecule has 1 aromatic heterocycles. The van der Waals surface area contributed by atoms with Gasteiger partial charge in [0, 0.05) is 18.1 Å². The molecule has 1 N–H and O–H groups in total. The standard InChI is InChI=1S/C21H21NO3/c1-16(13-21(23)24)18-7-9-20(10-8-18)25-15-17-5-4-6-19(14-17)22-11-2-3-12-22/h2-12,14,16H,13,15H2,1H3,(H,23,24). The van der Waals surface area contributed by atoms with Crippen LogP contribution in [0.25, 0.3) is 5.69 Å². The molecule has 3 aromatic rings. The van der Waals surface area contributed by atoms with Gasteiger partial charge in [-0.25, -0.2) is 0 Å². The number of hydrogen-bond acceptors (Lipinski definition) is 2. The molecule has 0 spiro atoms. The summed E-state index contributed by atoms with van der Waals surface area (Å²) in [5, 5.41) is 8.87. The van der Waals surface area contributed by atoms with Crippen molar-refractivity contribution in [3.05, 3.63) is 84.2 Å². The molecule has 0 saturated carbocycles. The van der Waals surface area contributed by atoms with E-state index in [0.29, 0.717) is 6.61 Å². The quantitative estimate of drug-likeness (QED) is 0.684. The highest BCUT2D eigenvalue weighted by molar-refractivity contribution is 5.68. The van der Waals surface area contributed by atoms with Gasteiger partial charge in [0.05, 0.1) is 6.42 Å². The maximum atomic E-state index is 10.8. The fourth-order valence-electron chi connectivity index (χ4n) is 2.75. The molecule has 4 nitrogen and oxygen atoms in total. The molecule has 0 fully saturated rings. The summed E-state index contributed by atoms with van der Waals surface area (Å²) in [6, 6.07) is 19.9. The van der Waals surface area contributed by atoms with Crippen molar-refractivity contribution in [3.63, 3.8) is 0 Å². The van der Waals surface area contributed by atoms with Crippen LogP contribution in [0.2, 0.25) is 0 Å². The minimum atomic E-state index is -0.782. The number of carboxylic acids is 1. The van der Waals surface area contributed by atoms with E-state index in [1.54, 1.807) is 0 Å². The minimum Gasteiger partial charge on any atom is -0.489 e. The Balaban J connectivity index is 1.62. The lowest BCUT2D eigenvalue weighted by atomic mass is 9.98. The minimum absolute atomic E-state index is 0.00944. The third-order valence-corrected chi connectivity index (χ3v) is 4.15. The zero-order valence-corrected chi connectivity index (χ0v) is 14.1. The first kappa shape index (κ1) is 16.8. The second kappa shape index (κ2) is 7.71. The van der Waals surface area contributed by atoms with Crippen LogP contribution in [0.5, 0.6) is 5.75 Å². The average Bonchev–Trinajstić information content (AvgIpc) is 3.15. The lowest BCUT2D eigenvalue weighted by Gasteiger charge is -2.11. The molecule has 1 atom stereocenters. The molecule has 1 unspecified atom stereocenters. The summed E-state index contributed by atoms with van der Waals surface area (Å²) in [5.41, 5.74) is 3.20. The van der Waals surface area contributed by atoms with E-state index in [4.69, 9.17) is 9.84 Å². The van der Waals surface area contributed by atoms with Gasteiger partial charge >= 0.3 is 5.97 Å². The van der Waals surface area contributed by atoms with E-state index < -0.39 is 5.97 Å². The fourth-order valence-corrected chi connectivity index (χ4v) is 2.75. The maximum absolute atomic E-state index is 10.8. The number of rotatable bonds is 7. The average molecular weight is 335 g/mol. The van der Waals surface area contributed by atoms with Gasteiger partial charge in [-0.1, -0.05) is 31.2 Å². The molecular weight excluding hydrogens is 314 g/mol. The number of benzene rings is 2. The van der Waals surface area contributed by atoms with Crippen LogP contribution >= 0.6 is 0 Å². The predicted octanol–water partition coefficient (Wildman–Crippen LogP) is 4.63. The van der Waals surface area contributed by atoms with E-state index in [9.17, 15) is 4.79 Å². The monoisotopic (exact) mass is 335 g/mol. The molecule has 1 heterocycles. The number of aromatic nitrogens is 1. The highest BCUT2D eigenvalue weighted by Crippen LogP contribution is 2.22. The topological polar surface area (TPSA) is 51.5 Å². The Hall–Kier alpha value is -3.01. The molecule has 0 radical (unpaired) electrons. The number of ether oxygens (including phenoxy) is 1. The first-order valence-electron chi connectivity index (χ1n) is 8.28. The molecule has 0 amide bonds. The van der Waals surface area contributed by atoms with Crippen molar-refractivity contribution in [2.45, 2.75) is 25.9 Å². The van der Waals surface area contributed by atoms with E-state index in [2.05, 4.69) is 16.7 Å². The summed E-state index contributed by atoms with van der Waals surface area (Å²) in [5.74, 6) is -0.0159. The molecule has 2 aromatic carbocycles. The number of aliphatic carboxylic acids is 1. The van der Waals surface area contributed by atoms with E-state index in [1.165, 1.54) is 0 Å². The molecule has 128 valence electrons. The molecular formula is C21H21NO3. The van der Waals surface area contributed by atoms with Gasteiger partial charge < -0.3 is 14.4 Å². The fraction of sp³-hybridized carbons (Fsp3) is 0.190. The lowest BCUT2D eigenvalue weighted by molar-refractivity contribution is -0.137. The predicted molar refractivity (Wildman–Crippen MR) is 97.2 cm³/mol. The summed E-state index contributed by atoms with van der Waals surface area (Å²) in [4.78, 5) is 10.8. The van der Waals surface area contributed by atoms with Crippen LogP contribution in [-0.4, -0.2) is 15.6 Å². The largest absolute Gasteiger partial charge is 0.489 e. The molecule has 0 aliphatic heterocycles. The van der Waals surface area contributed by atoms with Crippen molar-refractivity contribution in [2.75, 3.05) is 0 Å². The number of carboxylic acid groups (broad SMARTS) is 1. The van der Waals surface area contributed by atoms with Crippen LogP contribution < -0.4 is 4.74 Å².